The molecular weight excluding hydrogens is 252 g/mol. The van der Waals surface area contributed by atoms with Crippen LogP contribution in [0.4, 0.5) is 5.82 Å². The second-order valence-electron chi connectivity index (χ2n) is 4.50. The number of aryl methyl sites for hydroxylation is 1. The van der Waals surface area contributed by atoms with E-state index in [4.69, 9.17) is 5.73 Å². The molecule has 0 aliphatic rings. The summed E-state index contributed by atoms with van der Waals surface area (Å²) in [4.78, 5) is 16.6. The van der Waals surface area contributed by atoms with E-state index in [-0.39, 0.29) is 5.78 Å². The number of anilines is 1. The maximum atomic E-state index is 12.6. The number of carbonyl (C=O) groups is 1. The van der Waals surface area contributed by atoms with E-state index in [0.29, 0.717) is 22.5 Å². The molecule has 0 fully saturated rings. The highest BCUT2D eigenvalue weighted by molar-refractivity contribution is 6.14. The van der Waals surface area contributed by atoms with E-state index < -0.39 is 0 Å². The Kier molecular flexibility index (Phi) is 2.95. The van der Waals surface area contributed by atoms with Gasteiger partial charge in [0, 0.05) is 11.3 Å². The van der Waals surface area contributed by atoms with Crippen molar-refractivity contribution in [2.24, 2.45) is 0 Å². The van der Waals surface area contributed by atoms with E-state index in [2.05, 4.69) is 10.1 Å². The van der Waals surface area contributed by atoms with Gasteiger partial charge in [0.15, 0.2) is 11.6 Å². The van der Waals surface area contributed by atoms with Crippen LogP contribution in [0.25, 0.3) is 5.52 Å². The smallest absolute Gasteiger partial charge is 0.195 e. The zero-order valence-corrected chi connectivity index (χ0v) is 11.1. The molecule has 5 heteroatoms. The Hall–Kier alpha value is -2.69. The van der Waals surface area contributed by atoms with Gasteiger partial charge >= 0.3 is 0 Å². The number of nitrogens with two attached hydrogens (primary N) is 1. The predicted octanol–water partition coefficient (Wildman–Crippen LogP) is 2.10. The lowest BCUT2D eigenvalue weighted by Gasteiger charge is -2.02. The van der Waals surface area contributed by atoms with Crippen LogP contribution in [0, 0.1) is 0 Å². The summed E-state index contributed by atoms with van der Waals surface area (Å²) in [5.41, 5.74) is 8.61. The van der Waals surface area contributed by atoms with Gasteiger partial charge in [0.25, 0.3) is 0 Å². The van der Waals surface area contributed by atoms with Gasteiger partial charge in [0.05, 0.1) is 5.56 Å². The van der Waals surface area contributed by atoms with Crippen molar-refractivity contribution in [3.05, 3.63) is 59.5 Å². The van der Waals surface area contributed by atoms with Gasteiger partial charge in [0.1, 0.15) is 11.8 Å². The molecule has 0 aliphatic heterocycles. The summed E-state index contributed by atoms with van der Waals surface area (Å²) in [5, 5.41) is 4.18. The quantitative estimate of drug-likeness (QED) is 0.737. The predicted molar refractivity (Wildman–Crippen MR) is 76.7 cm³/mol. The van der Waals surface area contributed by atoms with Crippen molar-refractivity contribution in [2.75, 3.05) is 5.73 Å². The number of ketones is 1. The molecule has 5 nitrogen and oxygen atoms in total. The molecule has 2 N–H and O–H groups in total. The van der Waals surface area contributed by atoms with Crippen molar-refractivity contribution in [1.82, 2.24) is 14.6 Å². The van der Waals surface area contributed by atoms with Crippen LogP contribution in [0.2, 0.25) is 0 Å². The van der Waals surface area contributed by atoms with Crippen LogP contribution in [0.1, 0.15) is 28.5 Å². The molecule has 2 heterocycles. The summed E-state index contributed by atoms with van der Waals surface area (Å²) in [6.45, 7) is 2.01. The second-order valence-corrected chi connectivity index (χ2v) is 4.50. The van der Waals surface area contributed by atoms with Gasteiger partial charge in [-0.2, -0.15) is 5.10 Å². The minimum Gasteiger partial charge on any atom is -0.382 e. The molecule has 20 heavy (non-hydrogen) atoms. The molecule has 0 radical (unpaired) electrons. The maximum Gasteiger partial charge on any atom is 0.195 e. The lowest BCUT2D eigenvalue weighted by atomic mass is 10.0. The summed E-state index contributed by atoms with van der Waals surface area (Å²) in [7, 11) is 0. The Morgan fingerprint density at radius 2 is 2.05 bits per heavy atom. The molecule has 1 aromatic carbocycles. The van der Waals surface area contributed by atoms with Gasteiger partial charge in [-0.25, -0.2) is 9.50 Å². The second kappa shape index (κ2) is 4.77. The normalized spacial score (nSPS) is 10.8. The van der Waals surface area contributed by atoms with Gasteiger partial charge in [0.2, 0.25) is 0 Å². The lowest BCUT2D eigenvalue weighted by Crippen LogP contribution is -2.05. The molecule has 0 amide bonds. The van der Waals surface area contributed by atoms with Gasteiger partial charge < -0.3 is 5.73 Å². The zero-order valence-electron chi connectivity index (χ0n) is 11.1. The molecule has 0 aliphatic carbocycles. The summed E-state index contributed by atoms with van der Waals surface area (Å²) < 4.78 is 1.69. The van der Waals surface area contributed by atoms with Crippen molar-refractivity contribution in [3.63, 3.8) is 0 Å². The molecule has 0 saturated heterocycles. The van der Waals surface area contributed by atoms with Crippen molar-refractivity contribution in [1.29, 1.82) is 0 Å². The number of nitrogens with zero attached hydrogens (tertiary/aromatic N) is 3. The highest BCUT2D eigenvalue weighted by atomic mass is 16.1. The molecule has 0 spiro atoms. The topological polar surface area (TPSA) is 73.3 Å². The van der Waals surface area contributed by atoms with Gasteiger partial charge in [-0.15, -0.1) is 0 Å². The number of fused-ring (bicyclic) bond motifs is 1. The Morgan fingerprint density at radius 1 is 1.30 bits per heavy atom. The number of hydrogen-bond acceptors (Lipinski definition) is 4. The standard InChI is InChI=1S/C15H14N4O/c1-2-11-8-12(13-15(16)17-9-18-19(11)13)14(20)10-6-4-3-5-7-10/h3-9H,2H2,1H3,(H2,16,17,18). The third-order valence-electron chi connectivity index (χ3n) is 3.30. The van der Waals surface area contributed by atoms with Crippen molar-refractivity contribution in [2.45, 2.75) is 13.3 Å². The van der Waals surface area contributed by atoms with E-state index in [1.54, 1.807) is 16.6 Å². The van der Waals surface area contributed by atoms with Crippen molar-refractivity contribution >= 4 is 17.1 Å². The summed E-state index contributed by atoms with van der Waals surface area (Å²) in [6, 6.07) is 11.0. The van der Waals surface area contributed by atoms with E-state index in [0.717, 1.165) is 12.1 Å². The number of carbonyl (C=O) groups excluding carboxylic acids is 1. The van der Waals surface area contributed by atoms with E-state index in [1.807, 2.05) is 31.2 Å². The van der Waals surface area contributed by atoms with Crippen LogP contribution >= 0.6 is 0 Å². The third kappa shape index (κ3) is 1.84. The van der Waals surface area contributed by atoms with E-state index in [1.165, 1.54) is 6.33 Å². The highest BCUT2D eigenvalue weighted by Crippen LogP contribution is 2.23. The molecule has 0 atom stereocenters. The number of rotatable bonds is 3. The highest BCUT2D eigenvalue weighted by Gasteiger charge is 2.19. The molecule has 2 aromatic heterocycles. The monoisotopic (exact) mass is 266 g/mol. The molecule has 0 saturated carbocycles. The number of benzene rings is 1. The Labute approximate surface area is 116 Å². The first kappa shape index (κ1) is 12.3. The van der Waals surface area contributed by atoms with Crippen LogP contribution in [-0.2, 0) is 6.42 Å². The fraction of sp³-hybridized carbons (Fsp3) is 0.133. The molecule has 3 rings (SSSR count). The summed E-state index contributed by atoms with van der Waals surface area (Å²) in [6.07, 6.45) is 2.16. The average molecular weight is 266 g/mol. The first-order valence-electron chi connectivity index (χ1n) is 6.43. The number of nitrogen functional groups attached to an aromatic ring is 1. The molecule has 0 unspecified atom stereocenters. The number of hydrogen-bond donors (Lipinski definition) is 1. The summed E-state index contributed by atoms with van der Waals surface area (Å²) >= 11 is 0. The first-order valence-corrected chi connectivity index (χ1v) is 6.43. The Morgan fingerprint density at radius 3 is 2.75 bits per heavy atom. The average Bonchev–Trinajstić information content (AvgIpc) is 2.87. The van der Waals surface area contributed by atoms with Crippen LogP contribution in [0.15, 0.2) is 42.7 Å². The third-order valence-corrected chi connectivity index (χ3v) is 3.30. The molecule has 100 valence electrons. The molecular formula is C15H14N4O. The van der Waals surface area contributed by atoms with Crippen molar-refractivity contribution in [3.8, 4) is 0 Å². The summed E-state index contributed by atoms with van der Waals surface area (Å²) in [5.74, 6) is 0.253. The molecule has 3 aromatic rings. The van der Waals surface area contributed by atoms with Crippen LogP contribution in [0.3, 0.4) is 0 Å². The minimum absolute atomic E-state index is 0.0655. The van der Waals surface area contributed by atoms with Gasteiger partial charge in [-0.3, -0.25) is 4.79 Å². The van der Waals surface area contributed by atoms with E-state index >= 15 is 0 Å². The van der Waals surface area contributed by atoms with Crippen LogP contribution in [-0.4, -0.2) is 20.4 Å². The Balaban J connectivity index is 2.24. The van der Waals surface area contributed by atoms with Gasteiger partial charge in [-0.05, 0) is 12.5 Å². The van der Waals surface area contributed by atoms with Gasteiger partial charge in [-0.1, -0.05) is 37.3 Å². The Bertz CT molecular complexity index is 777. The zero-order chi connectivity index (χ0) is 14.1. The minimum atomic E-state index is -0.0655. The first-order chi connectivity index (χ1) is 9.72. The maximum absolute atomic E-state index is 12.6. The largest absolute Gasteiger partial charge is 0.382 e. The fourth-order valence-electron chi connectivity index (χ4n) is 2.30. The number of aromatic nitrogens is 3. The van der Waals surface area contributed by atoms with Crippen molar-refractivity contribution < 1.29 is 4.79 Å². The SMILES string of the molecule is CCc1cc(C(=O)c2ccccc2)c2c(N)ncnn12. The van der Waals surface area contributed by atoms with Crippen LogP contribution in [0.5, 0.6) is 0 Å². The van der Waals surface area contributed by atoms with E-state index in [9.17, 15) is 4.79 Å². The lowest BCUT2D eigenvalue weighted by molar-refractivity contribution is 0.104. The van der Waals surface area contributed by atoms with Crippen LogP contribution < -0.4 is 5.73 Å². The fourth-order valence-corrected chi connectivity index (χ4v) is 2.30. The molecule has 0 bridgehead atoms.